The van der Waals surface area contributed by atoms with Gasteiger partial charge in [0.2, 0.25) is 5.91 Å². The van der Waals surface area contributed by atoms with Crippen molar-refractivity contribution in [1.82, 2.24) is 14.5 Å². The second-order valence-corrected chi connectivity index (χ2v) is 8.30. The standard InChI is InChI=1S/C20H27N3O2S/c1-4-14(2)23-19(25)16-10-6-7-11-17(16)21-20(23)26-15(3)18(24)22-12-8-5-9-13-22/h6-7,10-11,14-15H,4-5,8-9,12-13H2,1-3H3/t14-,15+/m0/s1. The molecule has 3 rings (SSSR count). The number of benzene rings is 1. The van der Waals surface area contributed by atoms with E-state index in [1.165, 1.54) is 18.2 Å². The first kappa shape index (κ1) is 19.0. The Morgan fingerprint density at radius 1 is 1.19 bits per heavy atom. The minimum atomic E-state index is -0.253. The summed E-state index contributed by atoms with van der Waals surface area (Å²) >= 11 is 1.41. The first-order valence-electron chi connectivity index (χ1n) is 9.49. The van der Waals surface area contributed by atoms with Gasteiger partial charge in [-0.15, -0.1) is 0 Å². The highest BCUT2D eigenvalue weighted by Gasteiger charge is 2.25. The Kier molecular flexibility index (Phi) is 6.01. The molecule has 2 aromatic rings. The van der Waals surface area contributed by atoms with Gasteiger partial charge in [-0.1, -0.05) is 30.8 Å². The molecule has 1 saturated heterocycles. The maximum atomic E-state index is 13.0. The third-order valence-corrected chi connectivity index (χ3v) is 6.16. The number of hydrogen-bond donors (Lipinski definition) is 0. The van der Waals surface area contributed by atoms with Crippen LogP contribution < -0.4 is 5.56 Å². The van der Waals surface area contributed by atoms with Gasteiger partial charge in [0.05, 0.1) is 16.2 Å². The van der Waals surface area contributed by atoms with E-state index in [1.807, 2.05) is 43.0 Å². The third kappa shape index (κ3) is 3.80. The van der Waals surface area contributed by atoms with Gasteiger partial charge < -0.3 is 4.90 Å². The number of likely N-dealkylation sites (tertiary alicyclic amines) is 1. The number of piperidine rings is 1. The van der Waals surface area contributed by atoms with Crippen molar-refractivity contribution in [2.24, 2.45) is 0 Å². The summed E-state index contributed by atoms with van der Waals surface area (Å²) in [7, 11) is 0. The predicted octanol–water partition coefficient (Wildman–Crippen LogP) is 3.86. The number of para-hydroxylation sites is 1. The molecule has 2 atom stereocenters. The van der Waals surface area contributed by atoms with Gasteiger partial charge in [0, 0.05) is 19.1 Å². The molecule has 0 saturated carbocycles. The number of carbonyl (C=O) groups is 1. The number of carbonyl (C=O) groups excluding carboxylic acids is 1. The van der Waals surface area contributed by atoms with Crippen LogP contribution in [0.5, 0.6) is 0 Å². The summed E-state index contributed by atoms with van der Waals surface area (Å²) in [5.41, 5.74) is 0.669. The minimum absolute atomic E-state index is 0.0231. The molecule has 1 amide bonds. The van der Waals surface area contributed by atoms with Crippen LogP contribution in [0.15, 0.2) is 34.2 Å². The molecule has 140 valence electrons. The van der Waals surface area contributed by atoms with Crippen LogP contribution in [-0.2, 0) is 4.79 Å². The Morgan fingerprint density at radius 2 is 1.88 bits per heavy atom. The van der Waals surface area contributed by atoms with Gasteiger partial charge >= 0.3 is 0 Å². The van der Waals surface area contributed by atoms with Gasteiger partial charge in [-0.3, -0.25) is 14.2 Å². The van der Waals surface area contributed by atoms with Gasteiger partial charge in [-0.2, -0.15) is 0 Å². The molecule has 6 heteroatoms. The molecule has 0 unspecified atom stereocenters. The van der Waals surface area contributed by atoms with E-state index in [0.717, 1.165) is 32.4 Å². The molecule has 1 fully saturated rings. The van der Waals surface area contributed by atoms with E-state index in [2.05, 4.69) is 6.92 Å². The lowest BCUT2D eigenvalue weighted by Crippen LogP contribution is -2.40. The van der Waals surface area contributed by atoms with Crippen molar-refractivity contribution in [3.63, 3.8) is 0 Å². The lowest BCUT2D eigenvalue weighted by molar-refractivity contribution is -0.131. The Balaban J connectivity index is 1.95. The molecule has 1 aliphatic rings. The van der Waals surface area contributed by atoms with Crippen LogP contribution in [0.3, 0.4) is 0 Å². The average molecular weight is 374 g/mol. The Bertz CT molecular complexity index is 843. The number of rotatable bonds is 5. The fourth-order valence-corrected chi connectivity index (χ4v) is 4.45. The zero-order chi connectivity index (χ0) is 18.7. The Morgan fingerprint density at radius 3 is 2.58 bits per heavy atom. The fraction of sp³-hybridized carbons (Fsp3) is 0.550. The Labute approximate surface area is 158 Å². The third-order valence-electron chi connectivity index (χ3n) is 5.10. The quantitative estimate of drug-likeness (QED) is 0.590. The largest absolute Gasteiger partial charge is 0.342 e. The van der Waals surface area contributed by atoms with Crippen molar-refractivity contribution in [1.29, 1.82) is 0 Å². The van der Waals surface area contributed by atoms with Crippen molar-refractivity contribution < 1.29 is 4.79 Å². The summed E-state index contributed by atoms with van der Waals surface area (Å²) in [6.45, 7) is 7.69. The van der Waals surface area contributed by atoms with Crippen molar-refractivity contribution in [3.8, 4) is 0 Å². The number of fused-ring (bicyclic) bond motifs is 1. The first-order chi connectivity index (χ1) is 12.5. The van der Waals surface area contributed by atoms with Crippen LogP contribution in [0.1, 0.15) is 52.5 Å². The molecule has 0 N–H and O–H groups in total. The Hall–Kier alpha value is -1.82. The number of hydrogen-bond acceptors (Lipinski definition) is 4. The molecule has 2 heterocycles. The maximum Gasteiger partial charge on any atom is 0.262 e. The van der Waals surface area contributed by atoms with E-state index in [0.29, 0.717) is 16.1 Å². The van der Waals surface area contributed by atoms with Crippen molar-refractivity contribution in [2.45, 2.75) is 62.9 Å². The normalized spacial score (nSPS) is 17.3. The monoisotopic (exact) mass is 373 g/mol. The van der Waals surface area contributed by atoms with E-state index in [9.17, 15) is 9.59 Å². The highest BCUT2D eigenvalue weighted by atomic mass is 32.2. The van der Waals surface area contributed by atoms with Crippen molar-refractivity contribution in [3.05, 3.63) is 34.6 Å². The van der Waals surface area contributed by atoms with Gasteiger partial charge in [-0.25, -0.2) is 4.98 Å². The molecule has 1 aromatic carbocycles. The maximum absolute atomic E-state index is 13.0. The summed E-state index contributed by atoms with van der Waals surface area (Å²) in [4.78, 5) is 32.5. The smallest absolute Gasteiger partial charge is 0.262 e. The second kappa shape index (κ2) is 8.25. The fourth-order valence-electron chi connectivity index (χ4n) is 3.36. The van der Waals surface area contributed by atoms with Crippen LogP contribution in [-0.4, -0.2) is 38.7 Å². The molecule has 0 bridgehead atoms. The molecule has 0 radical (unpaired) electrons. The molecule has 1 aliphatic heterocycles. The number of nitrogens with zero attached hydrogens (tertiary/aromatic N) is 3. The van der Waals surface area contributed by atoms with E-state index in [-0.39, 0.29) is 22.8 Å². The number of thioether (sulfide) groups is 1. The molecular formula is C20H27N3O2S. The zero-order valence-electron chi connectivity index (χ0n) is 15.8. The van der Waals surface area contributed by atoms with Crippen LogP contribution in [0, 0.1) is 0 Å². The topological polar surface area (TPSA) is 55.2 Å². The number of aromatic nitrogens is 2. The van der Waals surface area contributed by atoms with E-state index in [4.69, 9.17) is 4.98 Å². The van der Waals surface area contributed by atoms with E-state index < -0.39 is 0 Å². The van der Waals surface area contributed by atoms with Gasteiger partial charge in [0.1, 0.15) is 0 Å². The van der Waals surface area contributed by atoms with Gasteiger partial charge in [0.25, 0.3) is 5.56 Å². The molecule has 26 heavy (non-hydrogen) atoms. The van der Waals surface area contributed by atoms with E-state index in [1.54, 1.807) is 4.57 Å². The lowest BCUT2D eigenvalue weighted by atomic mass is 10.1. The van der Waals surface area contributed by atoms with Crippen molar-refractivity contribution in [2.75, 3.05) is 13.1 Å². The van der Waals surface area contributed by atoms with Crippen LogP contribution in [0.25, 0.3) is 10.9 Å². The summed E-state index contributed by atoms with van der Waals surface area (Å²) in [6.07, 6.45) is 4.19. The summed E-state index contributed by atoms with van der Waals surface area (Å²) in [5.74, 6) is 0.146. The highest BCUT2D eigenvalue weighted by molar-refractivity contribution is 8.00. The molecule has 0 spiro atoms. The summed E-state index contributed by atoms with van der Waals surface area (Å²) < 4.78 is 1.76. The highest BCUT2D eigenvalue weighted by Crippen LogP contribution is 2.27. The van der Waals surface area contributed by atoms with Crippen LogP contribution in [0.4, 0.5) is 0 Å². The van der Waals surface area contributed by atoms with E-state index >= 15 is 0 Å². The minimum Gasteiger partial charge on any atom is -0.342 e. The van der Waals surface area contributed by atoms with Gasteiger partial charge in [-0.05, 0) is 51.7 Å². The average Bonchev–Trinajstić information content (AvgIpc) is 2.67. The molecule has 0 aliphatic carbocycles. The predicted molar refractivity (Wildman–Crippen MR) is 107 cm³/mol. The van der Waals surface area contributed by atoms with Crippen molar-refractivity contribution >= 4 is 28.6 Å². The zero-order valence-corrected chi connectivity index (χ0v) is 16.6. The molecule has 5 nitrogen and oxygen atoms in total. The number of amides is 1. The molecular weight excluding hydrogens is 346 g/mol. The lowest BCUT2D eigenvalue weighted by Gasteiger charge is -2.29. The van der Waals surface area contributed by atoms with Gasteiger partial charge in [0.15, 0.2) is 5.16 Å². The first-order valence-corrected chi connectivity index (χ1v) is 10.4. The molecule has 1 aromatic heterocycles. The second-order valence-electron chi connectivity index (χ2n) is 6.99. The summed E-state index contributed by atoms with van der Waals surface area (Å²) in [6, 6.07) is 7.47. The summed E-state index contributed by atoms with van der Waals surface area (Å²) in [5, 5.41) is 1.02. The SMILES string of the molecule is CC[C@H](C)n1c(S[C@H](C)C(=O)N2CCCCC2)nc2ccccc2c1=O. The van der Waals surface area contributed by atoms with Crippen LogP contribution >= 0.6 is 11.8 Å². The van der Waals surface area contributed by atoms with Crippen LogP contribution in [0.2, 0.25) is 0 Å².